The van der Waals surface area contributed by atoms with Gasteiger partial charge in [-0.3, -0.25) is 0 Å². The van der Waals surface area contributed by atoms with Crippen LogP contribution in [0, 0.1) is 5.82 Å². The van der Waals surface area contributed by atoms with Crippen LogP contribution in [0.5, 0.6) is 0 Å². The summed E-state index contributed by atoms with van der Waals surface area (Å²) in [5.41, 5.74) is 10.0. The average Bonchev–Trinajstić information content (AvgIpc) is 2.70. The molecule has 2 aromatic rings. The summed E-state index contributed by atoms with van der Waals surface area (Å²) in [5, 5.41) is 0. The number of benzene rings is 2. The first-order chi connectivity index (χ1) is 9.11. The van der Waals surface area contributed by atoms with E-state index in [0.717, 1.165) is 28.7 Å². The molecule has 1 aliphatic rings. The molecule has 0 aliphatic carbocycles. The van der Waals surface area contributed by atoms with E-state index in [9.17, 15) is 4.39 Å². The van der Waals surface area contributed by atoms with Crippen molar-refractivity contribution in [2.75, 3.05) is 17.2 Å². The number of rotatable bonds is 2. The Hall–Kier alpha value is -1.55. The molecule has 0 spiro atoms. The zero-order valence-electron chi connectivity index (χ0n) is 10.4. The maximum absolute atomic E-state index is 13.4. The van der Waals surface area contributed by atoms with Gasteiger partial charge in [-0.1, -0.05) is 22.0 Å². The van der Waals surface area contributed by atoms with E-state index in [1.807, 2.05) is 18.2 Å². The number of anilines is 2. The lowest BCUT2D eigenvalue weighted by atomic mass is 10.1. The normalized spacial score (nSPS) is 13.7. The Labute approximate surface area is 120 Å². The highest BCUT2D eigenvalue weighted by molar-refractivity contribution is 9.10. The van der Waals surface area contributed by atoms with Crippen molar-refractivity contribution in [3.63, 3.8) is 0 Å². The second kappa shape index (κ2) is 4.85. The van der Waals surface area contributed by atoms with Crippen molar-refractivity contribution in [3.8, 4) is 0 Å². The van der Waals surface area contributed by atoms with Crippen molar-refractivity contribution in [2.24, 2.45) is 0 Å². The Morgan fingerprint density at radius 3 is 2.84 bits per heavy atom. The molecular weight excluding hydrogens is 307 g/mol. The van der Waals surface area contributed by atoms with Crippen LogP contribution in [0.1, 0.15) is 11.1 Å². The number of nitrogens with two attached hydrogens (primary N) is 1. The van der Waals surface area contributed by atoms with Crippen molar-refractivity contribution >= 4 is 27.3 Å². The third-order valence-corrected chi connectivity index (χ3v) is 3.85. The van der Waals surface area contributed by atoms with Gasteiger partial charge in [-0.05, 0) is 47.9 Å². The Kier molecular flexibility index (Phi) is 3.19. The number of hydrogen-bond donors (Lipinski definition) is 1. The van der Waals surface area contributed by atoms with Crippen molar-refractivity contribution in [2.45, 2.75) is 13.0 Å². The summed E-state index contributed by atoms with van der Waals surface area (Å²) in [7, 11) is 0. The van der Waals surface area contributed by atoms with E-state index in [0.29, 0.717) is 6.54 Å². The van der Waals surface area contributed by atoms with Gasteiger partial charge in [-0.2, -0.15) is 0 Å². The Bertz CT molecular complexity index is 607. The first-order valence-electron chi connectivity index (χ1n) is 6.20. The van der Waals surface area contributed by atoms with Crippen LogP contribution in [0.15, 0.2) is 40.9 Å². The summed E-state index contributed by atoms with van der Waals surface area (Å²) in [6.45, 7) is 1.65. The molecule has 1 aliphatic heterocycles. The van der Waals surface area contributed by atoms with Gasteiger partial charge in [-0.25, -0.2) is 4.39 Å². The smallest absolute Gasteiger partial charge is 0.124 e. The van der Waals surface area contributed by atoms with E-state index in [-0.39, 0.29) is 5.82 Å². The highest BCUT2D eigenvalue weighted by atomic mass is 79.9. The SMILES string of the molecule is Nc1ccc2c(c1)N(Cc1cc(F)cc(Br)c1)CC2. The van der Waals surface area contributed by atoms with Gasteiger partial charge >= 0.3 is 0 Å². The third kappa shape index (κ3) is 2.59. The first kappa shape index (κ1) is 12.5. The fraction of sp³-hybridized carbons (Fsp3) is 0.200. The molecule has 3 rings (SSSR count). The van der Waals surface area contributed by atoms with Crippen molar-refractivity contribution < 1.29 is 4.39 Å². The topological polar surface area (TPSA) is 29.3 Å². The molecule has 1 heterocycles. The predicted molar refractivity (Wildman–Crippen MR) is 79.7 cm³/mol. The van der Waals surface area contributed by atoms with Gasteiger partial charge in [0.2, 0.25) is 0 Å². The molecule has 0 aromatic heterocycles. The predicted octanol–water partition coefficient (Wildman–Crippen LogP) is 3.73. The highest BCUT2D eigenvalue weighted by Gasteiger charge is 2.19. The zero-order chi connectivity index (χ0) is 13.4. The summed E-state index contributed by atoms with van der Waals surface area (Å²) < 4.78 is 14.2. The van der Waals surface area contributed by atoms with E-state index in [1.54, 1.807) is 6.07 Å². The average molecular weight is 321 g/mol. The molecule has 0 unspecified atom stereocenters. The zero-order valence-corrected chi connectivity index (χ0v) is 12.0. The fourth-order valence-electron chi connectivity index (χ4n) is 2.55. The highest BCUT2D eigenvalue weighted by Crippen LogP contribution is 2.31. The van der Waals surface area contributed by atoms with Gasteiger partial charge in [0.15, 0.2) is 0 Å². The molecule has 0 fully saturated rings. The van der Waals surface area contributed by atoms with Crippen LogP contribution >= 0.6 is 15.9 Å². The summed E-state index contributed by atoms with van der Waals surface area (Å²) >= 11 is 3.33. The molecular formula is C15H14BrFN2. The van der Waals surface area contributed by atoms with Crippen molar-refractivity contribution in [1.82, 2.24) is 0 Å². The van der Waals surface area contributed by atoms with Crippen LogP contribution in [0.2, 0.25) is 0 Å². The van der Waals surface area contributed by atoms with E-state index in [1.165, 1.54) is 17.3 Å². The van der Waals surface area contributed by atoms with Crippen LogP contribution in [0.3, 0.4) is 0 Å². The molecule has 2 nitrogen and oxygen atoms in total. The van der Waals surface area contributed by atoms with Crippen LogP contribution in [-0.4, -0.2) is 6.54 Å². The molecule has 2 N–H and O–H groups in total. The minimum absolute atomic E-state index is 0.212. The minimum Gasteiger partial charge on any atom is -0.399 e. The second-order valence-corrected chi connectivity index (χ2v) is 5.75. The molecule has 4 heteroatoms. The van der Waals surface area contributed by atoms with Gasteiger partial charge in [0.05, 0.1) is 0 Å². The lowest BCUT2D eigenvalue weighted by molar-refractivity contribution is 0.623. The quantitative estimate of drug-likeness (QED) is 0.854. The first-order valence-corrected chi connectivity index (χ1v) is 6.99. The van der Waals surface area contributed by atoms with Gasteiger partial charge in [0.25, 0.3) is 0 Å². The van der Waals surface area contributed by atoms with Crippen LogP contribution in [0.4, 0.5) is 15.8 Å². The van der Waals surface area contributed by atoms with E-state index in [2.05, 4.69) is 26.9 Å². The third-order valence-electron chi connectivity index (χ3n) is 3.40. The van der Waals surface area contributed by atoms with Gasteiger partial charge in [-0.15, -0.1) is 0 Å². The Balaban J connectivity index is 1.88. The molecule has 19 heavy (non-hydrogen) atoms. The number of nitrogen functional groups attached to an aromatic ring is 1. The molecule has 0 bridgehead atoms. The summed E-state index contributed by atoms with van der Waals surface area (Å²) in [6.07, 6.45) is 1.02. The van der Waals surface area contributed by atoms with Crippen molar-refractivity contribution in [1.29, 1.82) is 0 Å². The lowest BCUT2D eigenvalue weighted by Crippen LogP contribution is -2.19. The number of halogens is 2. The van der Waals surface area contributed by atoms with Crippen LogP contribution in [-0.2, 0) is 13.0 Å². The molecule has 0 amide bonds. The van der Waals surface area contributed by atoms with Crippen LogP contribution < -0.4 is 10.6 Å². The number of hydrogen-bond acceptors (Lipinski definition) is 2. The fourth-order valence-corrected chi connectivity index (χ4v) is 3.06. The van der Waals surface area contributed by atoms with Crippen LogP contribution in [0.25, 0.3) is 0 Å². The monoisotopic (exact) mass is 320 g/mol. The molecule has 0 atom stereocenters. The maximum atomic E-state index is 13.4. The largest absolute Gasteiger partial charge is 0.399 e. The minimum atomic E-state index is -0.212. The Morgan fingerprint density at radius 1 is 1.21 bits per heavy atom. The van der Waals surface area contributed by atoms with Gasteiger partial charge < -0.3 is 10.6 Å². The molecule has 0 saturated carbocycles. The van der Waals surface area contributed by atoms with E-state index >= 15 is 0 Å². The van der Waals surface area contributed by atoms with E-state index < -0.39 is 0 Å². The lowest BCUT2D eigenvalue weighted by Gasteiger charge is -2.20. The van der Waals surface area contributed by atoms with Gasteiger partial charge in [0.1, 0.15) is 5.82 Å². The number of nitrogens with zero attached hydrogens (tertiary/aromatic N) is 1. The van der Waals surface area contributed by atoms with E-state index in [4.69, 9.17) is 5.73 Å². The summed E-state index contributed by atoms with van der Waals surface area (Å²) in [5.74, 6) is -0.212. The molecule has 2 aromatic carbocycles. The molecule has 0 saturated heterocycles. The number of fused-ring (bicyclic) bond motifs is 1. The Morgan fingerprint density at radius 2 is 2.05 bits per heavy atom. The summed E-state index contributed by atoms with van der Waals surface area (Å²) in [4.78, 5) is 2.24. The summed E-state index contributed by atoms with van der Waals surface area (Å²) in [6, 6.07) is 11.0. The van der Waals surface area contributed by atoms with Gasteiger partial charge in [0, 0.05) is 28.9 Å². The van der Waals surface area contributed by atoms with Crippen molar-refractivity contribution in [3.05, 3.63) is 57.8 Å². The standard InChI is InChI=1S/C15H14BrFN2/c16-12-5-10(6-13(17)7-12)9-19-4-3-11-1-2-14(18)8-15(11)19/h1-2,5-8H,3-4,9,18H2. The molecule has 0 radical (unpaired) electrons. The maximum Gasteiger partial charge on any atom is 0.124 e. The second-order valence-electron chi connectivity index (χ2n) is 4.84. The molecule has 98 valence electrons.